The minimum atomic E-state index is -3.34. The average molecular weight is 334 g/mol. The largest absolute Gasteiger partial charge is 0.300 e. The summed E-state index contributed by atoms with van der Waals surface area (Å²) < 4.78 is 27.8. The summed E-state index contributed by atoms with van der Waals surface area (Å²) in [6, 6.07) is 7.89. The van der Waals surface area contributed by atoms with E-state index in [0.29, 0.717) is 35.9 Å². The summed E-state index contributed by atoms with van der Waals surface area (Å²) in [6.07, 6.45) is 5.06. The lowest BCUT2D eigenvalue weighted by atomic mass is 9.77. The SMILES string of the molecule is Cc1ccc(S(=O)(=O)N2C[C@H]3C[C@@H](C2)C2CCCCN2C3)cc1. The van der Waals surface area contributed by atoms with E-state index in [4.69, 9.17) is 0 Å². The van der Waals surface area contributed by atoms with E-state index in [9.17, 15) is 8.42 Å². The molecule has 3 atom stereocenters. The number of piperidine rings is 3. The molecule has 3 saturated heterocycles. The third kappa shape index (κ3) is 2.83. The molecule has 0 amide bonds. The highest BCUT2D eigenvalue weighted by atomic mass is 32.2. The molecule has 3 fully saturated rings. The number of fused-ring (bicyclic) bond motifs is 4. The van der Waals surface area contributed by atoms with Gasteiger partial charge in [0.15, 0.2) is 0 Å². The van der Waals surface area contributed by atoms with Gasteiger partial charge in [-0.1, -0.05) is 24.1 Å². The minimum Gasteiger partial charge on any atom is -0.300 e. The summed E-state index contributed by atoms with van der Waals surface area (Å²) in [4.78, 5) is 3.08. The van der Waals surface area contributed by atoms with E-state index >= 15 is 0 Å². The Kier molecular flexibility index (Phi) is 3.98. The van der Waals surface area contributed by atoms with Crippen LogP contribution in [0.25, 0.3) is 0 Å². The fraction of sp³-hybridized carbons (Fsp3) is 0.667. The van der Waals surface area contributed by atoms with Crippen LogP contribution in [-0.2, 0) is 10.0 Å². The zero-order chi connectivity index (χ0) is 16.0. The Morgan fingerprint density at radius 3 is 2.61 bits per heavy atom. The van der Waals surface area contributed by atoms with Crippen molar-refractivity contribution in [3.63, 3.8) is 0 Å². The lowest BCUT2D eigenvalue weighted by Crippen LogP contribution is -2.59. The van der Waals surface area contributed by atoms with Crippen molar-refractivity contribution in [2.75, 3.05) is 26.2 Å². The van der Waals surface area contributed by atoms with E-state index in [1.54, 1.807) is 16.4 Å². The Morgan fingerprint density at radius 2 is 1.83 bits per heavy atom. The molecule has 0 aliphatic carbocycles. The van der Waals surface area contributed by atoms with Crippen molar-refractivity contribution in [3.8, 4) is 0 Å². The first kappa shape index (κ1) is 15.6. The molecule has 0 saturated carbocycles. The van der Waals surface area contributed by atoms with Gasteiger partial charge in [0.2, 0.25) is 10.0 Å². The highest BCUT2D eigenvalue weighted by Gasteiger charge is 2.44. The van der Waals surface area contributed by atoms with Gasteiger partial charge in [-0.2, -0.15) is 4.31 Å². The highest BCUT2D eigenvalue weighted by molar-refractivity contribution is 7.89. The predicted molar refractivity (Wildman–Crippen MR) is 90.7 cm³/mol. The van der Waals surface area contributed by atoms with Gasteiger partial charge in [0, 0.05) is 25.7 Å². The predicted octanol–water partition coefficient (Wildman–Crippen LogP) is 2.49. The molecule has 23 heavy (non-hydrogen) atoms. The van der Waals surface area contributed by atoms with E-state index in [0.717, 1.165) is 12.1 Å². The topological polar surface area (TPSA) is 40.6 Å². The summed E-state index contributed by atoms with van der Waals surface area (Å²) in [5.41, 5.74) is 1.09. The van der Waals surface area contributed by atoms with Gasteiger partial charge in [0.05, 0.1) is 4.90 Å². The van der Waals surface area contributed by atoms with Crippen LogP contribution in [0.3, 0.4) is 0 Å². The Hall–Kier alpha value is -0.910. The smallest absolute Gasteiger partial charge is 0.243 e. The van der Waals surface area contributed by atoms with Crippen LogP contribution in [0.5, 0.6) is 0 Å². The van der Waals surface area contributed by atoms with Crippen LogP contribution in [0.15, 0.2) is 29.2 Å². The van der Waals surface area contributed by atoms with Crippen LogP contribution in [0, 0.1) is 18.8 Å². The lowest BCUT2D eigenvalue weighted by molar-refractivity contribution is -0.00953. The molecule has 3 heterocycles. The molecule has 0 aromatic heterocycles. The average Bonchev–Trinajstić information content (AvgIpc) is 2.55. The molecule has 126 valence electrons. The van der Waals surface area contributed by atoms with Gasteiger partial charge in [-0.3, -0.25) is 4.90 Å². The van der Waals surface area contributed by atoms with Gasteiger partial charge in [-0.25, -0.2) is 8.42 Å². The molecule has 4 nitrogen and oxygen atoms in total. The van der Waals surface area contributed by atoms with Crippen LogP contribution in [-0.4, -0.2) is 49.8 Å². The number of hydrogen-bond donors (Lipinski definition) is 0. The molecule has 5 heteroatoms. The van der Waals surface area contributed by atoms with E-state index < -0.39 is 10.0 Å². The Balaban J connectivity index is 1.58. The lowest BCUT2D eigenvalue weighted by Gasteiger charge is -2.52. The molecule has 0 spiro atoms. The van der Waals surface area contributed by atoms with Crippen molar-refractivity contribution in [2.24, 2.45) is 11.8 Å². The van der Waals surface area contributed by atoms with E-state index in [1.807, 2.05) is 19.1 Å². The Bertz CT molecular complexity index is 671. The fourth-order valence-electron chi connectivity index (χ4n) is 4.78. The number of sulfonamides is 1. The summed E-state index contributed by atoms with van der Waals surface area (Å²) >= 11 is 0. The van der Waals surface area contributed by atoms with E-state index in [-0.39, 0.29) is 0 Å². The Morgan fingerprint density at radius 1 is 1.04 bits per heavy atom. The second-order valence-corrected chi connectivity index (χ2v) is 9.49. The Labute approximate surface area is 139 Å². The molecule has 0 radical (unpaired) electrons. The fourth-order valence-corrected chi connectivity index (χ4v) is 6.35. The molecule has 4 rings (SSSR count). The monoisotopic (exact) mass is 334 g/mol. The number of hydrogen-bond acceptors (Lipinski definition) is 3. The summed E-state index contributed by atoms with van der Waals surface area (Å²) in [6.45, 7) is 5.67. The van der Waals surface area contributed by atoms with Crippen LogP contribution >= 0.6 is 0 Å². The van der Waals surface area contributed by atoms with Crippen molar-refractivity contribution in [2.45, 2.75) is 43.5 Å². The maximum absolute atomic E-state index is 13.0. The normalized spacial score (nSPS) is 32.5. The zero-order valence-corrected chi connectivity index (χ0v) is 14.6. The first-order valence-electron chi connectivity index (χ1n) is 8.85. The van der Waals surface area contributed by atoms with Crippen molar-refractivity contribution < 1.29 is 8.42 Å². The third-order valence-electron chi connectivity index (χ3n) is 5.90. The van der Waals surface area contributed by atoms with Gasteiger partial charge in [-0.15, -0.1) is 0 Å². The van der Waals surface area contributed by atoms with Crippen molar-refractivity contribution in [1.29, 1.82) is 0 Å². The molecule has 3 aliphatic rings. The molecule has 0 N–H and O–H groups in total. The van der Waals surface area contributed by atoms with Gasteiger partial charge < -0.3 is 0 Å². The number of aryl methyl sites for hydroxylation is 1. The highest BCUT2D eigenvalue weighted by Crippen LogP contribution is 2.38. The maximum Gasteiger partial charge on any atom is 0.243 e. The molecule has 1 aromatic rings. The molecule has 3 aliphatic heterocycles. The van der Waals surface area contributed by atoms with Gasteiger partial charge >= 0.3 is 0 Å². The number of benzene rings is 1. The van der Waals surface area contributed by atoms with E-state index in [1.165, 1.54) is 32.2 Å². The third-order valence-corrected chi connectivity index (χ3v) is 7.74. The van der Waals surface area contributed by atoms with Crippen LogP contribution in [0.1, 0.15) is 31.2 Å². The standard InChI is InChI=1S/C18H26N2O2S/c1-14-5-7-17(8-6-14)23(21,22)20-12-15-10-16(13-20)18-4-2-3-9-19(18)11-15/h5-8,15-16,18H,2-4,9-13H2,1H3/t15-,16-,18?/m0/s1. The summed E-state index contributed by atoms with van der Waals surface area (Å²) in [5, 5.41) is 0. The zero-order valence-electron chi connectivity index (χ0n) is 13.8. The van der Waals surface area contributed by atoms with Crippen LogP contribution < -0.4 is 0 Å². The van der Waals surface area contributed by atoms with Crippen molar-refractivity contribution in [3.05, 3.63) is 29.8 Å². The maximum atomic E-state index is 13.0. The first-order valence-corrected chi connectivity index (χ1v) is 10.3. The van der Waals surface area contributed by atoms with Crippen molar-refractivity contribution >= 4 is 10.0 Å². The van der Waals surface area contributed by atoms with Gasteiger partial charge in [0.25, 0.3) is 0 Å². The number of nitrogens with zero attached hydrogens (tertiary/aromatic N) is 2. The van der Waals surface area contributed by atoms with E-state index in [2.05, 4.69) is 4.90 Å². The van der Waals surface area contributed by atoms with Crippen LogP contribution in [0.2, 0.25) is 0 Å². The molecule has 2 bridgehead atoms. The molecular formula is C18H26N2O2S. The van der Waals surface area contributed by atoms with Gasteiger partial charge in [-0.05, 0) is 56.7 Å². The van der Waals surface area contributed by atoms with Crippen LogP contribution in [0.4, 0.5) is 0 Å². The minimum absolute atomic E-state index is 0.448. The second-order valence-electron chi connectivity index (χ2n) is 7.55. The van der Waals surface area contributed by atoms with Gasteiger partial charge in [0.1, 0.15) is 0 Å². The summed E-state index contributed by atoms with van der Waals surface area (Å²) in [7, 11) is -3.34. The number of rotatable bonds is 2. The van der Waals surface area contributed by atoms with Crippen molar-refractivity contribution in [1.82, 2.24) is 9.21 Å². The quantitative estimate of drug-likeness (QED) is 0.834. The molecule has 1 unspecified atom stereocenters. The molecule has 1 aromatic carbocycles. The molecular weight excluding hydrogens is 308 g/mol. The first-order chi connectivity index (χ1) is 11.0. The summed E-state index contributed by atoms with van der Waals surface area (Å²) in [5.74, 6) is 1.02. The second kappa shape index (κ2) is 5.87.